The summed E-state index contributed by atoms with van der Waals surface area (Å²) in [7, 11) is 0. The third-order valence-corrected chi connectivity index (χ3v) is 9.23. The van der Waals surface area contributed by atoms with Gasteiger partial charge in [-0.15, -0.1) is 0 Å². The van der Waals surface area contributed by atoms with Crippen molar-refractivity contribution in [2.75, 3.05) is 5.32 Å². The van der Waals surface area contributed by atoms with E-state index in [9.17, 15) is 0 Å². The fourth-order valence-corrected chi connectivity index (χ4v) is 6.42. The number of hydrogen-bond acceptors (Lipinski definition) is 2. The summed E-state index contributed by atoms with van der Waals surface area (Å²) >= 11 is 0. The van der Waals surface area contributed by atoms with E-state index in [-0.39, 0.29) is 0 Å². The molecule has 244 valence electrons. The number of nitrogens with one attached hydrogen (secondary N) is 1. The number of unbranched alkanes of at least 4 members (excludes halogenated alkanes) is 4. The number of rotatable bonds is 17. The van der Waals surface area contributed by atoms with Gasteiger partial charge in [-0.2, -0.15) is 0 Å². The van der Waals surface area contributed by atoms with E-state index >= 15 is 0 Å². The van der Waals surface area contributed by atoms with Crippen molar-refractivity contribution in [2.24, 2.45) is 0 Å². The Hall–Kier alpha value is -4.17. The number of pyridine rings is 1. The first kappa shape index (κ1) is 34.2. The maximum absolute atomic E-state index is 5.48. The molecule has 47 heavy (non-hydrogen) atoms. The normalized spacial score (nSPS) is 11.1. The van der Waals surface area contributed by atoms with E-state index in [1.807, 2.05) is 6.07 Å². The highest BCUT2D eigenvalue weighted by Crippen LogP contribution is 2.35. The second-order valence-corrected chi connectivity index (χ2v) is 13.1. The van der Waals surface area contributed by atoms with Gasteiger partial charge in [-0.3, -0.25) is 0 Å². The van der Waals surface area contributed by atoms with Crippen LogP contribution in [0.2, 0.25) is 0 Å². The van der Waals surface area contributed by atoms with E-state index in [0.29, 0.717) is 0 Å². The first-order chi connectivity index (χ1) is 23.1. The largest absolute Gasteiger partial charge is 0.356 e. The molecule has 5 rings (SSSR count). The van der Waals surface area contributed by atoms with Crippen LogP contribution in [0.25, 0.3) is 33.6 Å². The van der Waals surface area contributed by atoms with Gasteiger partial charge in [-0.05, 0) is 121 Å². The van der Waals surface area contributed by atoms with E-state index < -0.39 is 0 Å². The van der Waals surface area contributed by atoms with Gasteiger partial charge in [0.05, 0.1) is 11.4 Å². The van der Waals surface area contributed by atoms with Crippen LogP contribution in [0.1, 0.15) is 101 Å². The minimum Gasteiger partial charge on any atom is -0.356 e. The lowest BCUT2D eigenvalue weighted by molar-refractivity contribution is 0.780. The monoisotopic (exact) mass is 622 g/mol. The average Bonchev–Trinajstić information content (AvgIpc) is 3.12. The van der Waals surface area contributed by atoms with Gasteiger partial charge in [0.1, 0.15) is 0 Å². The van der Waals surface area contributed by atoms with Gasteiger partial charge in [0, 0.05) is 22.5 Å². The van der Waals surface area contributed by atoms with E-state index in [0.717, 1.165) is 48.4 Å². The maximum atomic E-state index is 5.48. The van der Waals surface area contributed by atoms with E-state index in [2.05, 4.69) is 130 Å². The molecule has 0 aliphatic carbocycles. The molecule has 0 amide bonds. The zero-order chi connectivity index (χ0) is 32.8. The molecule has 4 aromatic carbocycles. The lowest BCUT2D eigenvalue weighted by atomic mass is 9.91. The van der Waals surface area contributed by atoms with E-state index in [1.54, 1.807) is 0 Å². The summed E-state index contributed by atoms with van der Waals surface area (Å²) in [5.41, 5.74) is 15.1. The second kappa shape index (κ2) is 17.7. The van der Waals surface area contributed by atoms with Crippen LogP contribution in [0.4, 0.5) is 11.4 Å². The Balaban J connectivity index is 1.62. The number of nitrogens with zero attached hydrogens (tertiary/aromatic N) is 1. The summed E-state index contributed by atoms with van der Waals surface area (Å²) < 4.78 is 0. The van der Waals surface area contributed by atoms with Gasteiger partial charge in [-0.1, -0.05) is 120 Å². The number of hydrogen-bond donors (Lipinski definition) is 1. The number of aromatic nitrogens is 1. The highest BCUT2D eigenvalue weighted by atomic mass is 14.9. The molecule has 0 radical (unpaired) electrons. The fourth-order valence-electron chi connectivity index (χ4n) is 6.42. The Morgan fingerprint density at radius 1 is 0.447 bits per heavy atom. The van der Waals surface area contributed by atoms with E-state index in [4.69, 9.17) is 4.98 Å². The highest BCUT2D eigenvalue weighted by molar-refractivity contribution is 5.79. The molecular formula is C45H54N2. The van der Waals surface area contributed by atoms with Crippen LogP contribution in [0.5, 0.6) is 0 Å². The van der Waals surface area contributed by atoms with Crippen molar-refractivity contribution in [3.8, 4) is 33.6 Å². The van der Waals surface area contributed by atoms with Crippen LogP contribution in [-0.4, -0.2) is 4.98 Å². The van der Waals surface area contributed by atoms with Crippen LogP contribution in [0.15, 0.2) is 103 Å². The predicted molar refractivity (Wildman–Crippen MR) is 205 cm³/mol. The van der Waals surface area contributed by atoms with Crippen molar-refractivity contribution in [2.45, 2.75) is 105 Å². The molecule has 0 atom stereocenters. The molecule has 0 unspecified atom stereocenters. The maximum Gasteiger partial charge on any atom is 0.0718 e. The topological polar surface area (TPSA) is 24.9 Å². The Kier molecular flexibility index (Phi) is 12.8. The molecule has 0 aliphatic rings. The summed E-state index contributed by atoms with van der Waals surface area (Å²) in [6, 6.07) is 38.2. The first-order valence-electron chi connectivity index (χ1n) is 18.3. The molecule has 5 aromatic rings. The van der Waals surface area contributed by atoms with Gasteiger partial charge in [0.15, 0.2) is 0 Å². The van der Waals surface area contributed by atoms with Crippen LogP contribution in [0, 0.1) is 0 Å². The first-order valence-corrected chi connectivity index (χ1v) is 18.3. The van der Waals surface area contributed by atoms with Crippen molar-refractivity contribution >= 4 is 11.4 Å². The Morgan fingerprint density at radius 3 is 1.40 bits per heavy atom. The minimum absolute atomic E-state index is 1.08. The van der Waals surface area contributed by atoms with Crippen LogP contribution < -0.4 is 5.32 Å². The molecule has 2 heteroatoms. The number of aryl methyl sites for hydroxylation is 4. The SMILES string of the molecule is CCCCc1ccc(-c2cc(-c3ccc(Nc4ccccc4)cc3)cc(-c3ccc(CCCC)cc3CCCC)n2)c(CCCC)c1. The third-order valence-electron chi connectivity index (χ3n) is 9.23. The quantitative estimate of drug-likeness (QED) is 0.112. The number of anilines is 2. The average molecular weight is 623 g/mol. The summed E-state index contributed by atoms with van der Waals surface area (Å²) in [6.45, 7) is 9.13. The summed E-state index contributed by atoms with van der Waals surface area (Å²) in [4.78, 5) is 5.48. The van der Waals surface area contributed by atoms with Crippen LogP contribution >= 0.6 is 0 Å². The van der Waals surface area contributed by atoms with Crippen molar-refractivity contribution < 1.29 is 0 Å². The summed E-state index contributed by atoms with van der Waals surface area (Å²) in [6.07, 6.45) is 14.1. The number of benzene rings is 4. The van der Waals surface area contributed by atoms with Gasteiger partial charge >= 0.3 is 0 Å². The van der Waals surface area contributed by atoms with Gasteiger partial charge < -0.3 is 5.32 Å². The van der Waals surface area contributed by atoms with Crippen LogP contribution in [-0.2, 0) is 25.7 Å². The second-order valence-electron chi connectivity index (χ2n) is 13.1. The third kappa shape index (κ3) is 9.44. The summed E-state index contributed by atoms with van der Waals surface area (Å²) in [5.74, 6) is 0. The highest BCUT2D eigenvalue weighted by Gasteiger charge is 2.15. The molecule has 1 N–H and O–H groups in total. The van der Waals surface area contributed by atoms with E-state index in [1.165, 1.54) is 95.9 Å². The molecule has 0 fully saturated rings. The molecule has 0 saturated heterocycles. The Bertz CT molecular complexity index is 1600. The minimum atomic E-state index is 1.08. The van der Waals surface area contributed by atoms with Crippen molar-refractivity contribution in [3.05, 3.63) is 125 Å². The lowest BCUT2D eigenvalue weighted by Gasteiger charge is -2.17. The Morgan fingerprint density at radius 2 is 0.915 bits per heavy atom. The Labute approximate surface area is 284 Å². The standard InChI is InChI=1S/C45H54N2/c1-5-9-16-34-22-28-42(37(30-34)18-11-7-3)44-32-39(36-24-26-41(27-25-36)46-40-20-14-13-15-21-40)33-45(47-44)43-29-23-35(17-10-6-2)31-38(43)19-12-8-4/h13-15,20-33,46H,5-12,16-19H2,1-4H3. The summed E-state index contributed by atoms with van der Waals surface area (Å²) in [5, 5.41) is 3.54. The van der Waals surface area contributed by atoms with Gasteiger partial charge in [0.2, 0.25) is 0 Å². The van der Waals surface area contributed by atoms with Gasteiger partial charge in [0.25, 0.3) is 0 Å². The van der Waals surface area contributed by atoms with Crippen molar-refractivity contribution in [3.63, 3.8) is 0 Å². The number of para-hydroxylation sites is 1. The predicted octanol–water partition coefficient (Wildman–Crippen LogP) is 13.2. The lowest BCUT2D eigenvalue weighted by Crippen LogP contribution is -2.00. The molecule has 1 aromatic heterocycles. The molecule has 0 saturated carbocycles. The zero-order valence-corrected chi connectivity index (χ0v) is 29.2. The van der Waals surface area contributed by atoms with Crippen molar-refractivity contribution in [1.82, 2.24) is 4.98 Å². The molecule has 0 bridgehead atoms. The molecule has 1 heterocycles. The van der Waals surface area contributed by atoms with Crippen molar-refractivity contribution in [1.29, 1.82) is 0 Å². The molecule has 0 aliphatic heterocycles. The van der Waals surface area contributed by atoms with Gasteiger partial charge in [-0.25, -0.2) is 4.98 Å². The fraction of sp³-hybridized carbons (Fsp3) is 0.356. The molecular weight excluding hydrogens is 569 g/mol. The molecule has 2 nitrogen and oxygen atoms in total. The van der Waals surface area contributed by atoms with Crippen LogP contribution in [0.3, 0.4) is 0 Å². The zero-order valence-electron chi connectivity index (χ0n) is 29.2. The molecule has 0 spiro atoms. The smallest absolute Gasteiger partial charge is 0.0718 e.